The van der Waals surface area contributed by atoms with E-state index in [4.69, 9.17) is 28.0 Å². The molecule has 0 saturated carbocycles. The van der Waals surface area contributed by atoms with Crippen molar-refractivity contribution in [2.75, 3.05) is 5.32 Å². The van der Waals surface area contributed by atoms with Crippen LogP contribution in [0.1, 0.15) is 0 Å². The largest absolute Gasteiger partial charge is 0.331 e. The number of carbonyl (C=O) groups excluding carboxylic acids is 1. The summed E-state index contributed by atoms with van der Waals surface area (Å²) in [6, 6.07) is 11.5. The normalized spacial score (nSPS) is 13.2. The topological polar surface area (TPSA) is 82.1 Å². The second kappa shape index (κ2) is 6.34. The molecule has 0 heterocycles. The van der Waals surface area contributed by atoms with E-state index in [2.05, 4.69) is 10.0 Å². The SMILES string of the molecule is N=S(=O)(NC(=O)Nc1ccc(Cl)cc1)c1ccc(Cl)cc1. The van der Waals surface area contributed by atoms with Gasteiger partial charge in [0.15, 0.2) is 9.92 Å². The van der Waals surface area contributed by atoms with Crippen LogP contribution >= 0.6 is 23.2 Å². The number of benzene rings is 2. The van der Waals surface area contributed by atoms with Gasteiger partial charge in [-0.2, -0.15) is 0 Å². The van der Waals surface area contributed by atoms with E-state index in [1.807, 2.05) is 0 Å². The molecule has 21 heavy (non-hydrogen) atoms. The average molecular weight is 344 g/mol. The molecule has 0 aliphatic carbocycles. The Bertz CT molecular complexity index is 744. The molecule has 5 nitrogen and oxygen atoms in total. The number of amides is 2. The lowest BCUT2D eigenvalue weighted by atomic mass is 10.3. The molecule has 0 saturated heterocycles. The highest BCUT2D eigenvalue weighted by Gasteiger charge is 2.13. The third kappa shape index (κ3) is 4.35. The number of hydrogen-bond donors (Lipinski definition) is 3. The Labute approximate surface area is 132 Å². The molecule has 0 aromatic heterocycles. The fraction of sp³-hybridized carbons (Fsp3) is 0. The molecule has 1 unspecified atom stereocenters. The molecule has 2 amide bonds. The maximum Gasteiger partial charge on any atom is 0.331 e. The number of nitrogens with one attached hydrogen (secondary N) is 3. The van der Waals surface area contributed by atoms with E-state index in [0.29, 0.717) is 15.7 Å². The quantitative estimate of drug-likeness (QED) is 0.782. The summed E-state index contributed by atoms with van der Waals surface area (Å²) in [5, 5.41) is 3.46. The van der Waals surface area contributed by atoms with Crippen LogP contribution in [0.4, 0.5) is 10.5 Å². The van der Waals surface area contributed by atoms with Crippen LogP contribution in [0.3, 0.4) is 0 Å². The zero-order valence-corrected chi connectivity index (χ0v) is 12.9. The molecule has 110 valence electrons. The van der Waals surface area contributed by atoms with Gasteiger partial charge in [-0.3, -0.25) is 0 Å². The number of carbonyl (C=O) groups is 1. The van der Waals surface area contributed by atoms with Crippen molar-refractivity contribution >= 4 is 44.8 Å². The minimum atomic E-state index is -3.45. The summed E-state index contributed by atoms with van der Waals surface area (Å²) in [5.41, 5.74) is 0.475. The van der Waals surface area contributed by atoms with Gasteiger partial charge in [0, 0.05) is 15.7 Å². The van der Waals surface area contributed by atoms with Crippen LogP contribution in [0, 0.1) is 4.78 Å². The van der Waals surface area contributed by atoms with Crippen molar-refractivity contribution in [3.63, 3.8) is 0 Å². The van der Waals surface area contributed by atoms with Gasteiger partial charge in [-0.15, -0.1) is 0 Å². The van der Waals surface area contributed by atoms with Crippen molar-refractivity contribution in [3.05, 3.63) is 58.6 Å². The average Bonchev–Trinajstić information content (AvgIpc) is 2.41. The Morgan fingerprint density at radius 2 is 1.43 bits per heavy atom. The molecule has 3 N–H and O–H groups in total. The molecule has 2 aromatic rings. The van der Waals surface area contributed by atoms with E-state index in [1.165, 1.54) is 24.3 Å². The maximum absolute atomic E-state index is 12.2. The van der Waals surface area contributed by atoms with Gasteiger partial charge in [-0.1, -0.05) is 23.2 Å². The Kier molecular flexibility index (Phi) is 4.72. The van der Waals surface area contributed by atoms with Gasteiger partial charge in [0.25, 0.3) is 0 Å². The standard InChI is InChI=1S/C13H11Cl2N3O2S/c14-9-1-5-11(6-2-9)17-13(19)18-21(16,20)12-7-3-10(15)4-8-12/h1-8H,(H3,16,17,18,19,20). The number of rotatable bonds is 3. The Balaban J connectivity index is 2.07. The Morgan fingerprint density at radius 3 is 1.95 bits per heavy atom. The van der Waals surface area contributed by atoms with E-state index < -0.39 is 15.9 Å². The van der Waals surface area contributed by atoms with Crippen LogP contribution in [0.2, 0.25) is 10.0 Å². The monoisotopic (exact) mass is 343 g/mol. The summed E-state index contributed by atoms with van der Waals surface area (Å²) in [4.78, 5) is 11.9. The van der Waals surface area contributed by atoms with Crippen molar-refractivity contribution in [2.24, 2.45) is 0 Å². The number of hydrogen-bond acceptors (Lipinski definition) is 3. The molecule has 0 bridgehead atoms. The molecule has 0 spiro atoms. The van der Waals surface area contributed by atoms with E-state index in [0.717, 1.165) is 0 Å². The van der Waals surface area contributed by atoms with Crippen LogP contribution in [0.15, 0.2) is 53.4 Å². The second-order valence-corrected chi connectivity index (χ2v) is 6.73. The third-order valence-electron chi connectivity index (χ3n) is 2.48. The molecule has 0 aliphatic rings. The van der Waals surface area contributed by atoms with Crippen LogP contribution in [0.25, 0.3) is 0 Å². The summed E-state index contributed by atoms with van der Waals surface area (Å²) in [5.74, 6) is 0. The van der Waals surface area contributed by atoms with Gasteiger partial charge in [-0.05, 0) is 48.5 Å². The zero-order valence-electron chi connectivity index (χ0n) is 10.6. The molecule has 2 aromatic carbocycles. The van der Waals surface area contributed by atoms with Crippen molar-refractivity contribution in [1.29, 1.82) is 4.78 Å². The minimum Gasteiger partial charge on any atom is -0.307 e. The van der Waals surface area contributed by atoms with Crippen molar-refractivity contribution in [3.8, 4) is 0 Å². The first kappa shape index (κ1) is 15.6. The lowest BCUT2D eigenvalue weighted by molar-refractivity contribution is 0.257. The van der Waals surface area contributed by atoms with Gasteiger partial charge in [0.1, 0.15) is 0 Å². The smallest absolute Gasteiger partial charge is 0.307 e. The Hall–Kier alpha value is -1.76. The summed E-state index contributed by atoms with van der Waals surface area (Å²) in [6.07, 6.45) is 0. The van der Waals surface area contributed by atoms with Crippen molar-refractivity contribution in [2.45, 2.75) is 4.90 Å². The molecular formula is C13H11Cl2N3O2S. The second-order valence-electron chi connectivity index (χ2n) is 4.07. The van der Waals surface area contributed by atoms with Gasteiger partial charge >= 0.3 is 6.03 Å². The molecule has 2 rings (SSSR count). The summed E-state index contributed by atoms with van der Waals surface area (Å²) >= 11 is 11.5. The highest BCUT2D eigenvalue weighted by Crippen LogP contribution is 2.15. The third-order valence-corrected chi connectivity index (χ3v) is 4.40. The van der Waals surface area contributed by atoms with Crippen LogP contribution in [0.5, 0.6) is 0 Å². The number of anilines is 1. The fourth-order valence-electron chi connectivity index (χ4n) is 1.51. The van der Waals surface area contributed by atoms with Gasteiger partial charge in [-0.25, -0.2) is 18.5 Å². The summed E-state index contributed by atoms with van der Waals surface area (Å²) < 4.78 is 22.1. The predicted molar refractivity (Wildman–Crippen MR) is 84.2 cm³/mol. The van der Waals surface area contributed by atoms with Crippen LogP contribution < -0.4 is 10.0 Å². The van der Waals surface area contributed by atoms with Gasteiger partial charge in [0.05, 0.1) is 4.90 Å². The first-order valence-corrected chi connectivity index (χ1v) is 8.07. The molecule has 8 heteroatoms. The first-order chi connectivity index (χ1) is 9.87. The lowest BCUT2D eigenvalue weighted by Crippen LogP contribution is -2.33. The van der Waals surface area contributed by atoms with Crippen molar-refractivity contribution < 1.29 is 9.00 Å². The van der Waals surface area contributed by atoms with Gasteiger partial charge < -0.3 is 5.32 Å². The molecular weight excluding hydrogens is 333 g/mol. The maximum atomic E-state index is 12.2. The lowest BCUT2D eigenvalue weighted by Gasteiger charge is -2.11. The number of urea groups is 1. The van der Waals surface area contributed by atoms with Crippen LogP contribution in [-0.4, -0.2) is 10.2 Å². The molecule has 0 fully saturated rings. The van der Waals surface area contributed by atoms with E-state index in [1.54, 1.807) is 24.3 Å². The predicted octanol–water partition coefficient (Wildman–Crippen LogP) is 4.14. The minimum absolute atomic E-state index is 0.165. The summed E-state index contributed by atoms with van der Waals surface area (Å²) in [7, 11) is -3.45. The number of halogens is 2. The highest BCUT2D eigenvalue weighted by atomic mass is 35.5. The molecule has 1 atom stereocenters. The van der Waals surface area contributed by atoms with Gasteiger partial charge in [0.2, 0.25) is 0 Å². The first-order valence-electron chi connectivity index (χ1n) is 5.75. The Morgan fingerprint density at radius 1 is 0.952 bits per heavy atom. The van der Waals surface area contributed by atoms with Crippen LogP contribution in [-0.2, 0) is 9.92 Å². The summed E-state index contributed by atoms with van der Waals surface area (Å²) in [6.45, 7) is 0. The fourth-order valence-corrected chi connectivity index (χ4v) is 2.71. The zero-order chi connectivity index (χ0) is 15.5. The highest BCUT2D eigenvalue weighted by molar-refractivity contribution is 7.91. The molecule has 0 aliphatic heterocycles. The van der Waals surface area contributed by atoms with E-state index >= 15 is 0 Å². The van der Waals surface area contributed by atoms with Crippen molar-refractivity contribution in [1.82, 2.24) is 4.72 Å². The van der Waals surface area contributed by atoms with E-state index in [9.17, 15) is 9.00 Å². The van der Waals surface area contributed by atoms with E-state index in [-0.39, 0.29) is 4.90 Å². The molecule has 0 radical (unpaired) electrons.